The SMILES string of the molecule is CCCC[N+](CCCC)(CCCC)CCCC.CSc1nc2nc3c(c([O-])n2n1)SCCC3. The van der Waals surface area contributed by atoms with Crippen molar-refractivity contribution >= 4 is 29.3 Å². The summed E-state index contributed by atoms with van der Waals surface area (Å²) in [4.78, 5) is 9.34. The molecule has 0 fully saturated rings. The third-order valence-corrected chi connectivity index (χ3v) is 8.12. The molecule has 0 aromatic carbocycles. The number of aromatic nitrogens is 4. The standard InChI is InChI=1S/C16H36N.C9H10N4OS2/c1-5-9-13-17(14-10-6-2,15-11-7-3)16-12-8-4;1-15-9-11-8-10-5-3-2-4-16-6(5)7(14)13(8)12-9/h5-16H2,1-4H3;14H,2-4H2,1H3/q+1;/p-1. The van der Waals surface area contributed by atoms with Crippen LogP contribution in [-0.4, -0.2) is 62.3 Å². The molecule has 0 radical (unpaired) electrons. The normalized spacial score (nSPS) is 13.6. The first-order valence-electron chi connectivity index (χ1n) is 13.0. The van der Waals surface area contributed by atoms with Crippen LogP contribution in [0, 0.1) is 0 Å². The van der Waals surface area contributed by atoms with Crippen molar-refractivity contribution in [2.75, 3.05) is 38.2 Å². The molecular weight excluding hydrogens is 450 g/mol. The largest absolute Gasteiger partial charge is 0.858 e. The zero-order chi connectivity index (χ0) is 24.1. The van der Waals surface area contributed by atoms with Crippen LogP contribution in [0.15, 0.2) is 10.1 Å². The predicted octanol–water partition coefficient (Wildman–Crippen LogP) is 5.96. The van der Waals surface area contributed by atoms with Crippen molar-refractivity contribution in [1.82, 2.24) is 19.6 Å². The maximum Gasteiger partial charge on any atom is 0.252 e. The van der Waals surface area contributed by atoms with E-state index >= 15 is 0 Å². The van der Waals surface area contributed by atoms with E-state index < -0.39 is 0 Å². The third-order valence-electron chi connectivity index (χ3n) is 6.39. The summed E-state index contributed by atoms with van der Waals surface area (Å²) in [6.07, 6.45) is 14.9. The lowest BCUT2D eigenvalue weighted by molar-refractivity contribution is -0.929. The quantitative estimate of drug-likeness (QED) is 0.252. The second-order valence-electron chi connectivity index (χ2n) is 9.11. The Morgan fingerprint density at radius 3 is 1.94 bits per heavy atom. The van der Waals surface area contributed by atoms with Gasteiger partial charge in [-0.25, -0.2) is 9.50 Å². The van der Waals surface area contributed by atoms with Gasteiger partial charge in [-0.15, -0.1) is 16.9 Å². The van der Waals surface area contributed by atoms with Crippen molar-refractivity contribution in [3.05, 3.63) is 5.69 Å². The van der Waals surface area contributed by atoms with Crippen LogP contribution in [0.3, 0.4) is 0 Å². The number of hydrogen-bond acceptors (Lipinski definition) is 6. The number of rotatable bonds is 13. The number of quaternary nitrogens is 1. The summed E-state index contributed by atoms with van der Waals surface area (Å²) in [6.45, 7) is 15.0. The fraction of sp³-hybridized carbons (Fsp3) is 0.800. The molecule has 0 amide bonds. The molecule has 0 unspecified atom stereocenters. The number of hydrogen-bond donors (Lipinski definition) is 0. The summed E-state index contributed by atoms with van der Waals surface area (Å²) in [5.41, 5.74) is 0.883. The molecule has 2 aromatic rings. The van der Waals surface area contributed by atoms with E-state index in [2.05, 4.69) is 42.8 Å². The monoisotopic (exact) mass is 495 g/mol. The molecule has 0 saturated heterocycles. The number of fused-ring (bicyclic) bond motifs is 2. The van der Waals surface area contributed by atoms with E-state index in [-0.39, 0.29) is 5.88 Å². The molecule has 1 aliphatic rings. The van der Waals surface area contributed by atoms with Crippen molar-refractivity contribution in [2.45, 2.75) is 102 Å². The Bertz CT molecular complexity index is 789. The molecule has 0 N–H and O–H groups in total. The zero-order valence-corrected chi connectivity index (χ0v) is 23.2. The van der Waals surface area contributed by atoms with E-state index in [1.54, 1.807) is 11.8 Å². The Morgan fingerprint density at radius 1 is 0.909 bits per heavy atom. The van der Waals surface area contributed by atoms with Crippen molar-refractivity contribution in [3.8, 4) is 5.88 Å². The average Bonchev–Trinajstić information content (AvgIpc) is 3.27. The highest BCUT2D eigenvalue weighted by molar-refractivity contribution is 7.99. The fourth-order valence-corrected chi connectivity index (χ4v) is 5.70. The van der Waals surface area contributed by atoms with E-state index in [1.165, 1.54) is 98.3 Å². The van der Waals surface area contributed by atoms with Gasteiger partial charge >= 0.3 is 0 Å². The summed E-state index contributed by atoms with van der Waals surface area (Å²) < 4.78 is 2.73. The van der Waals surface area contributed by atoms with Gasteiger partial charge in [0.2, 0.25) is 5.16 Å². The lowest BCUT2D eigenvalue weighted by atomic mass is 10.1. The van der Waals surface area contributed by atoms with Gasteiger partial charge in [0.15, 0.2) is 0 Å². The molecule has 6 nitrogen and oxygen atoms in total. The third kappa shape index (κ3) is 8.32. The number of aryl methyl sites for hydroxylation is 1. The van der Waals surface area contributed by atoms with Crippen LogP contribution < -0.4 is 5.11 Å². The Morgan fingerprint density at radius 2 is 1.45 bits per heavy atom. The Balaban J connectivity index is 0.000000233. The topological polar surface area (TPSA) is 66.1 Å². The van der Waals surface area contributed by atoms with Crippen LogP contribution >= 0.6 is 23.5 Å². The van der Waals surface area contributed by atoms with E-state index in [4.69, 9.17) is 0 Å². The van der Waals surface area contributed by atoms with E-state index in [0.717, 1.165) is 29.2 Å². The summed E-state index contributed by atoms with van der Waals surface area (Å²) in [5, 5.41) is 16.8. The van der Waals surface area contributed by atoms with Gasteiger partial charge in [0.1, 0.15) is 0 Å². The lowest BCUT2D eigenvalue weighted by Gasteiger charge is -2.39. The van der Waals surface area contributed by atoms with Crippen molar-refractivity contribution in [3.63, 3.8) is 0 Å². The van der Waals surface area contributed by atoms with Crippen LogP contribution in [0.2, 0.25) is 0 Å². The summed E-state index contributed by atoms with van der Waals surface area (Å²) in [5.74, 6) is 1.34. The van der Waals surface area contributed by atoms with Crippen molar-refractivity contribution in [2.24, 2.45) is 0 Å². The first kappa shape index (κ1) is 28.2. The molecule has 0 spiro atoms. The van der Waals surface area contributed by atoms with Crippen LogP contribution in [0.25, 0.3) is 5.78 Å². The number of unbranched alkanes of at least 4 members (excludes halogenated alkanes) is 4. The van der Waals surface area contributed by atoms with Gasteiger partial charge in [-0.2, -0.15) is 4.98 Å². The molecule has 188 valence electrons. The molecule has 3 rings (SSSR count). The molecular formula is C25H45N5OS2. The average molecular weight is 496 g/mol. The summed E-state index contributed by atoms with van der Waals surface area (Å²) >= 11 is 2.99. The van der Waals surface area contributed by atoms with Crippen molar-refractivity contribution < 1.29 is 9.59 Å². The molecule has 0 saturated carbocycles. The smallest absolute Gasteiger partial charge is 0.252 e. The van der Waals surface area contributed by atoms with Crippen LogP contribution in [0.1, 0.15) is 91.2 Å². The molecule has 3 heterocycles. The Kier molecular flexibility index (Phi) is 12.9. The lowest BCUT2D eigenvalue weighted by Crippen LogP contribution is -2.50. The molecule has 0 atom stereocenters. The van der Waals surface area contributed by atoms with E-state index in [9.17, 15) is 5.11 Å². The molecule has 33 heavy (non-hydrogen) atoms. The van der Waals surface area contributed by atoms with Gasteiger partial charge < -0.3 is 9.59 Å². The first-order chi connectivity index (χ1) is 16.0. The molecule has 0 aliphatic carbocycles. The number of thioether (sulfide) groups is 2. The van der Waals surface area contributed by atoms with Gasteiger partial charge in [-0.1, -0.05) is 65.1 Å². The maximum atomic E-state index is 12.1. The fourth-order valence-electron chi connectivity index (χ4n) is 4.34. The molecule has 8 heteroatoms. The first-order valence-corrected chi connectivity index (χ1v) is 15.2. The van der Waals surface area contributed by atoms with Gasteiger partial charge in [0.05, 0.1) is 31.9 Å². The highest BCUT2D eigenvalue weighted by Crippen LogP contribution is 2.34. The van der Waals surface area contributed by atoms with Gasteiger partial charge in [0, 0.05) is 10.8 Å². The summed E-state index contributed by atoms with van der Waals surface area (Å²) in [7, 11) is 0. The minimum absolute atomic E-state index is 0.0718. The molecule has 0 bridgehead atoms. The van der Waals surface area contributed by atoms with E-state index in [1.807, 2.05) is 6.26 Å². The van der Waals surface area contributed by atoms with Crippen LogP contribution in [-0.2, 0) is 6.42 Å². The van der Waals surface area contributed by atoms with Crippen LogP contribution in [0.4, 0.5) is 0 Å². The Labute approximate surface area is 209 Å². The highest BCUT2D eigenvalue weighted by Gasteiger charge is 2.24. The van der Waals surface area contributed by atoms with Crippen LogP contribution in [0.5, 0.6) is 5.88 Å². The molecule has 2 aromatic heterocycles. The number of nitrogens with zero attached hydrogens (tertiary/aromatic N) is 5. The Hall–Kier alpha value is -0.990. The van der Waals surface area contributed by atoms with Gasteiger partial charge in [0.25, 0.3) is 5.78 Å². The predicted molar refractivity (Wildman–Crippen MR) is 140 cm³/mol. The van der Waals surface area contributed by atoms with Crippen molar-refractivity contribution in [1.29, 1.82) is 0 Å². The van der Waals surface area contributed by atoms with E-state index in [0.29, 0.717) is 10.9 Å². The van der Waals surface area contributed by atoms with Gasteiger partial charge in [-0.3, -0.25) is 0 Å². The van der Waals surface area contributed by atoms with Gasteiger partial charge in [-0.05, 0) is 50.5 Å². The highest BCUT2D eigenvalue weighted by atomic mass is 32.2. The maximum absolute atomic E-state index is 12.1. The second kappa shape index (κ2) is 15.1. The molecule has 1 aliphatic heterocycles. The summed E-state index contributed by atoms with van der Waals surface area (Å²) in [6, 6.07) is 0. The zero-order valence-electron chi connectivity index (χ0n) is 21.6. The second-order valence-corrected chi connectivity index (χ2v) is 11.0. The minimum atomic E-state index is -0.0718. The minimum Gasteiger partial charge on any atom is -0.858 e.